The van der Waals surface area contributed by atoms with Crippen molar-refractivity contribution in [1.29, 1.82) is 0 Å². The summed E-state index contributed by atoms with van der Waals surface area (Å²) in [6.45, 7) is 2.59. The fraction of sp³-hybridized carbons (Fsp3) is 0.308. The molecule has 6 heteroatoms. The highest BCUT2D eigenvalue weighted by Crippen LogP contribution is 2.18. The number of aryl methyl sites for hydroxylation is 1. The number of hydrogen-bond acceptors (Lipinski definition) is 4. The number of rotatable bonds is 10. The molecule has 0 fully saturated rings. The quantitative estimate of drug-likeness (QED) is 0.491. The maximum atomic E-state index is 13.2. The first-order valence-electron chi connectivity index (χ1n) is 10.9. The van der Waals surface area contributed by atoms with E-state index < -0.39 is 6.04 Å². The molecular weight excluding hydrogens is 418 g/mol. The minimum atomic E-state index is -0.655. The van der Waals surface area contributed by atoms with Gasteiger partial charge in [0.05, 0.1) is 10.9 Å². The molecule has 3 aromatic rings. The average Bonchev–Trinajstić information content (AvgIpc) is 3.35. The van der Waals surface area contributed by atoms with Crippen LogP contribution in [0.25, 0.3) is 0 Å². The predicted octanol–water partition coefficient (Wildman–Crippen LogP) is 4.07. The second-order valence-electron chi connectivity index (χ2n) is 8.01. The Balaban J connectivity index is 1.71. The highest BCUT2D eigenvalue weighted by molar-refractivity contribution is 7.12. The first-order chi connectivity index (χ1) is 15.5. The van der Waals surface area contributed by atoms with Crippen LogP contribution < -0.4 is 10.6 Å². The third kappa shape index (κ3) is 6.52. The highest BCUT2D eigenvalue weighted by atomic mass is 32.1. The SMILES string of the molecule is CCc1ccc(C(CNC(=O)C(Cc2ccccc2)NC(=O)c2cccs2)N(C)C)cc1. The lowest BCUT2D eigenvalue weighted by molar-refractivity contribution is -0.123. The third-order valence-corrected chi connectivity index (χ3v) is 6.38. The molecular formula is C26H31N3O2S. The number of thiophene rings is 1. The van der Waals surface area contributed by atoms with Crippen molar-refractivity contribution in [2.75, 3.05) is 20.6 Å². The fourth-order valence-electron chi connectivity index (χ4n) is 3.59. The predicted molar refractivity (Wildman–Crippen MR) is 131 cm³/mol. The van der Waals surface area contributed by atoms with Crippen LogP contribution in [0.1, 0.15) is 39.3 Å². The normalized spacial score (nSPS) is 12.9. The lowest BCUT2D eigenvalue weighted by Gasteiger charge is -2.27. The Labute approximate surface area is 194 Å². The van der Waals surface area contributed by atoms with Gasteiger partial charge in [-0.1, -0.05) is 67.6 Å². The zero-order valence-corrected chi connectivity index (χ0v) is 19.7. The largest absolute Gasteiger partial charge is 0.352 e. The van der Waals surface area contributed by atoms with Crippen molar-refractivity contribution in [1.82, 2.24) is 15.5 Å². The van der Waals surface area contributed by atoms with E-state index in [2.05, 4.69) is 46.7 Å². The summed E-state index contributed by atoms with van der Waals surface area (Å²) in [5.41, 5.74) is 3.43. The van der Waals surface area contributed by atoms with Crippen molar-refractivity contribution in [2.45, 2.75) is 31.8 Å². The van der Waals surface area contributed by atoms with Crippen molar-refractivity contribution in [2.24, 2.45) is 0 Å². The second-order valence-corrected chi connectivity index (χ2v) is 8.96. The topological polar surface area (TPSA) is 61.4 Å². The fourth-order valence-corrected chi connectivity index (χ4v) is 4.22. The van der Waals surface area contributed by atoms with E-state index >= 15 is 0 Å². The summed E-state index contributed by atoms with van der Waals surface area (Å²) in [7, 11) is 4.01. The molecule has 32 heavy (non-hydrogen) atoms. The van der Waals surface area contributed by atoms with Gasteiger partial charge in [-0.25, -0.2) is 0 Å². The molecule has 2 aromatic carbocycles. The molecule has 2 N–H and O–H groups in total. The molecule has 0 saturated heterocycles. The minimum absolute atomic E-state index is 0.0372. The number of nitrogens with zero attached hydrogens (tertiary/aromatic N) is 1. The number of nitrogens with one attached hydrogen (secondary N) is 2. The Morgan fingerprint density at radius 2 is 1.66 bits per heavy atom. The summed E-state index contributed by atoms with van der Waals surface area (Å²) in [5, 5.41) is 7.85. The monoisotopic (exact) mass is 449 g/mol. The van der Waals surface area contributed by atoms with Gasteiger partial charge in [-0.3, -0.25) is 9.59 Å². The molecule has 168 valence electrons. The highest BCUT2D eigenvalue weighted by Gasteiger charge is 2.24. The molecule has 2 amide bonds. The molecule has 0 aliphatic heterocycles. The number of benzene rings is 2. The molecule has 5 nitrogen and oxygen atoms in total. The van der Waals surface area contributed by atoms with Crippen molar-refractivity contribution >= 4 is 23.2 Å². The van der Waals surface area contributed by atoms with Gasteiger partial charge in [0.2, 0.25) is 5.91 Å². The first kappa shape index (κ1) is 23.7. The van der Waals surface area contributed by atoms with E-state index in [0.717, 1.165) is 17.5 Å². The van der Waals surface area contributed by atoms with E-state index in [1.54, 1.807) is 6.07 Å². The number of hydrogen-bond donors (Lipinski definition) is 2. The van der Waals surface area contributed by atoms with Crippen LogP contribution >= 0.6 is 11.3 Å². The van der Waals surface area contributed by atoms with Gasteiger partial charge in [0.1, 0.15) is 6.04 Å². The molecule has 1 heterocycles. The number of carbonyl (C=O) groups is 2. The van der Waals surface area contributed by atoms with E-state index in [4.69, 9.17) is 0 Å². The van der Waals surface area contributed by atoms with Gasteiger partial charge >= 0.3 is 0 Å². The van der Waals surface area contributed by atoms with Crippen LogP contribution in [-0.4, -0.2) is 43.4 Å². The van der Waals surface area contributed by atoms with Gasteiger partial charge in [-0.15, -0.1) is 11.3 Å². The van der Waals surface area contributed by atoms with Gasteiger partial charge in [0, 0.05) is 13.0 Å². The van der Waals surface area contributed by atoms with E-state index in [1.807, 2.05) is 55.9 Å². The third-order valence-electron chi connectivity index (χ3n) is 5.52. The summed E-state index contributed by atoms with van der Waals surface area (Å²) in [6.07, 6.45) is 1.43. The lowest BCUT2D eigenvalue weighted by Crippen LogP contribution is -2.49. The van der Waals surface area contributed by atoms with E-state index in [0.29, 0.717) is 17.8 Å². The van der Waals surface area contributed by atoms with Crippen LogP contribution in [0.5, 0.6) is 0 Å². The van der Waals surface area contributed by atoms with E-state index in [1.165, 1.54) is 16.9 Å². The second kappa shape index (κ2) is 11.6. The zero-order chi connectivity index (χ0) is 22.9. The Hall–Kier alpha value is -2.96. The van der Waals surface area contributed by atoms with E-state index in [-0.39, 0.29) is 17.9 Å². The Morgan fingerprint density at radius 1 is 0.938 bits per heavy atom. The average molecular weight is 450 g/mol. The van der Waals surface area contributed by atoms with Gasteiger partial charge < -0.3 is 15.5 Å². The van der Waals surface area contributed by atoms with Gasteiger partial charge in [0.25, 0.3) is 5.91 Å². The van der Waals surface area contributed by atoms with Crippen LogP contribution in [0.2, 0.25) is 0 Å². The molecule has 2 unspecified atom stereocenters. The molecule has 0 bridgehead atoms. The minimum Gasteiger partial charge on any atom is -0.352 e. The van der Waals surface area contributed by atoms with Crippen LogP contribution in [0.3, 0.4) is 0 Å². The van der Waals surface area contributed by atoms with Gasteiger partial charge in [-0.2, -0.15) is 0 Å². The standard InChI is InChI=1S/C26H31N3O2S/c1-4-19-12-14-21(15-13-19)23(29(2)3)18-27-25(30)22(17-20-9-6-5-7-10-20)28-26(31)24-11-8-16-32-24/h5-16,22-23H,4,17-18H2,1-3H3,(H,27,30)(H,28,31). The Bertz CT molecular complexity index is 986. The Morgan fingerprint density at radius 3 is 2.25 bits per heavy atom. The summed E-state index contributed by atoms with van der Waals surface area (Å²) < 4.78 is 0. The molecule has 1 aromatic heterocycles. The Kier molecular flexibility index (Phi) is 8.59. The molecule has 0 spiro atoms. The summed E-state index contributed by atoms with van der Waals surface area (Å²) in [4.78, 5) is 28.5. The van der Waals surface area contributed by atoms with Crippen molar-refractivity contribution in [3.63, 3.8) is 0 Å². The molecule has 3 rings (SSSR count). The number of carbonyl (C=O) groups excluding carboxylic acids is 2. The molecule has 0 aliphatic rings. The number of likely N-dealkylation sites (N-methyl/N-ethyl adjacent to an activating group) is 1. The van der Waals surface area contributed by atoms with Crippen LogP contribution in [-0.2, 0) is 17.6 Å². The van der Waals surface area contributed by atoms with Crippen molar-refractivity contribution in [3.8, 4) is 0 Å². The zero-order valence-electron chi connectivity index (χ0n) is 18.9. The van der Waals surface area contributed by atoms with Crippen LogP contribution in [0.15, 0.2) is 72.1 Å². The lowest BCUT2D eigenvalue weighted by atomic mass is 10.0. The van der Waals surface area contributed by atoms with Crippen molar-refractivity contribution in [3.05, 3.63) is 93.7 Å². The maximum absolute atomic E-state index is 13.2. The van der Waals surface area contributed by atoms with Crippen LogP contribution in [0.4, 0.5) is 0 Å². The first-order valence-corrected chi connectivity index (χ1v) is 11.8. The maximum Gasteiger partial charge on any atom is 0.262 e. The molecule has 0 saturated carbocycles. The van der Waals surface area contributed by atoms with Crippen molar-refractivity contribution < 1.29 is 9.59 Å². The summed E-state index contributed by atoms with van der Waals surface area (Å²) >= 11 is 1.36. The van der Waals surface area contributed by atoms with Crippen LogP contribution in [0, 0.1) is 0 Å². The smallest absolute Gasteiger partial charge is 0.262 e. The molecule has 2 atom stereocenters. The van der Waals surface area contributed by atoms with Gasteiger partial charge in [0.15, 0.2) is 0 Å². The van der Waals surface area contributed by atoms with Gasteiger partial charge in [-0.05, 0) is 48.7 Å². The summed E-state index contributed by atoms with van der Waals surface area (Å²) in [6, 6.07) is 21.2. The summed E-state index contributed by atoms with van der Waals surface area (Å²) in [5.74, 6) is -0.411. The number of amides is 2. The van der Waals surface area contributed by atoms with E-state index in [9.17, 15) is 9.59 Å². The molecule has 0 aliphatic carbocycles. The molecule has 0 radical (unpaired) electrons.